The lowest BCUT2D eigenvalue weighted by Gasteiger charge is -2.26. The van der Waals surface area contributed by atoms with E-state index in [2.05, 4.69) is 17.6 Å². The number of hydrogen-bond donors (Lipinski definition) is 2. The second kappa shape index (κ2) is 5.17. The molecule has 0 aromatic carbocycles. The van der Waals surface area contributed by atoms with Gasteiger partial charge in [0, 0.05) is 13.1 Å². The maximum atomic E-state index is 12.1. The molecule has 1 saturated carbocycles. The van der Waals surface area contributed by atoms with Crippen LogP contribution >= 0.6 is 0 Å². The van der Waals surface area contributed by atoms with Gasteiger partial charge in [0.05, 0.1) is 5.41 Å². The first-order valence-electron chi connectivity index (χ1n) is 6.70. The van der Waals surface area contributed by atoms with Crippen molar-refractivity contribution in [3.05, 3.63) is 0 Å². The second-order valence-electron chi connectivity index (χ2n) is 5.70. The van der Waals surface area contributed by atoms with Crippen LogP contribution in [0, 0.1) is 11.3 Å². The van der Waals surface area contributed by atoms with Crippen molar-refractivity contribution in [1.82, 2.24) is 10.6 Å². The van der Waals surface area contributed by atoms with E-state index in [1.807, 2.05) is 0 Å². The number of nitrogens with one attached hydrogen (secondary N) is 2. The highest BCUT2D eigenvalue weighted by Crippen LogP contribution is 2.26. The van der Waals surface area contributed by atoms with Gasteiger partial charge in [-0.2, -0.15) is 0 Å². The third-order valence-corrected chi connectivity index (χ3v) is 4.19. The first-order chi connectivity index (χ1) is 7.71. The van der Waals surface area contributed by atoms with Crippen LogP contribution in [-0.2, 0) is 4.79 Å². The molecule has 0 aromatic rings. The first kappa shape index (κ1) is 11.9. The van der Waals surface area contributed by atoms with E-state index in [0.717, 1.165) is 32.0 Å². The Morgan fingerprint density at radius 1 is 1.38 bits per heavy atom. The van der Waals surface area contributed by atoms with Gasteiger partial charge >= 0.3 is 0 Å². The van der Waals surface area contributed by atoms with Gasteiger partial charge in [-0.05, 0) is 38.6 Å². The monoisotopic (exact) mass is 224 g/mol. The van der Waals surface area contributed by atoms with Crippen molar-refractivity contribution in [1.29, 1.82) is 0 Å². The predicted octanol–water partition coefficient (Wildman–Crippen LogP) is 1.68. The molecule has 1 amide bonds. The van der Waals surface area contributed by atoms with Gasteiger partial charge in [0.1, 0.15) is 0 Å². The molecule has 1 heterocycles. The fourth-order valence-electron chi connectivity index (χ4n) is 2.85. The van der Waals surface area contributed by atoms with Crippen molar-refractivity contribution in [3.8, 4) is 0 Å². The van der Waals surface area contributed by atoms with Gasteiger partial charge in [-0.3, -0.25) is 4.79 Å². The molecule has 0 bridgehead atoms. The summed E-state index contributed by atoms with van der Waals surface area (Å²) in [6, 6.07) is 0. The van der Waals surface area contributed by atoms with Crippen molar-refractivity contribution in [2.75, 3.05) is 19.6 Å². The third kappa shape index (κ3) is 2.76. The Kier molecular flexibility index (Phi) is 3.85. The molecule has 0 radical (unpaired) electrons. The van der Waals surface area contributed by atoms with Crippen LogP contribution in [0.1, 0.15) is 45.4 Å². The van der Waals surface area contributed by atoms with Gasteiger partial charge in [-0.25, -0.2) is 0 Å². The minimum Gasteiger partial charge on any atom is -0.355 e. The van der Waals surface area contributed by atoms with Gasteiger partial charge in [0.25, 0.3) is 0 Å². The molecular weight excluding hydrogens is 200 g/mol. The Bertz CT molecular complexity index is 240. The zero-order valence-electron chi connectivity index (χ0n) is 10.3. The summed E-state index contributed by atoms with van der Waals surface area (Å²) in [6.45, 7) is 4.79. The SMILES string of the molecule is CC1(C(=O)NCC2CCCCC2)CCNC1. The minimum absolute atomic E-state index is 0.158. The van der Waals surface area contributed by atoms with Crippen molar-refractivity contribution < 1.29 is 4.79 Å². The zero-order chi connectivity index (χ0) is 11.4. The van der Waals surface area contributed by atoms with Crippen molar-refractivity contribution in [2.45, 2.75) is 45.4 Å². The second-order valence-corrected chi connectivity index (χ2v) is 5.70. The van der Waals surface area contributed by atoms with Crippen LogP contribution < -0.4 is 10.6 Å². The molecule has 1 aliphatic carbocycles. The highest BCUT2D eigenvalue weighted by molar-refractivity contribution is 5.82. The number of rotatable bonds is 3. The summed E-state index contributed by atoms with van der Waals surface area (Å²) in [4.78, 5) is 12.1. The van der Waals surface area contributed by atoms with Crippen LogP contribution in [0.4, 0.5) is 0 Å². The molecule has 16 heavy (non-hydrogen) atoms. The summed E-state index contributed by atoms with van der Waals surface area (Å²) in [5.74, 6) is 0.985. The number of amides is 1. The Hall–Kier alpha value is -0.570. The lowest BCUT2D eigenvalue weighted by atomic mass is 9.87. The molecule has 1 aliphatic heterocycles. The van der Waals surface area contributed by atoms with E-state index in [4.69, 9.17) is 0 Å². The van der Waals surface area contributed by atoms with Crippen LogP contribution in [-0.4, -0.2) is 25.5 Å². The lowest BCUT2D eigenvalue weighted by molar-refractivity contribution is -0.129. The number of carbonyl (C=O) groups excluding carboxylic acids is 1. The lowest BCUT2D eigenvalue weighted by Crippen LogP contribution is -2.42. The van der Waals surface area contributed by atoms with Crippen LogP contribution in [0.5, 0.6) is 0 Å². The Morgan fingerprint density at radius 3 is 2.75 bits per heavy atom. The molecule has 2 fully saturated rings. The first-order valence-corrected chi connectivity index (χ1v) is 6.70. The molecule has 0 aromatic heterocycles. The smallest absolute Gasteiger partial charge is 0.227 e. The molecule has 0 spiro atoms. The highest BCUT2D eigenvalue weighted by Gasteiger charge is 2.36. The summed E-state index contributed by atoms with van der Waals surface area (Å²) in [6.07, 6.45) is 7.65. The molecule has 2 aliphatic rings. The van der Waals surface area contributed by atoms with Crippen LogP contribution in [0.15, 0.2) is 0 Å². The largest absolute Gasteiger partial charge is 0.355 e. The fraction of sp³-hybridized carbons (Fsp3) is 0.923. The Labute approximate surface area is 98.4 Å². The van der Waals surface area contributed by atoms with Crippen molar-refractivity contribution in [3.63, 3.8) is 0 Å². The molecular formula is C13H24N2O. The Balaban J connectivity index is 1.74. The van der Waals surface area contributed by atoms with Gasteiger partial charge in [-0.1, -0.05) is 19.3 Å². The van der Waals surface area contributed by atoms with Gasteiger partial charge < -0.3 is 10.6 Å². The third-order valence-electron chi connectivity index (χ3n) is 4.19. The summed E-state index contributed by atoms with van der Waals surface area (Å²) >= 11 is 0. The summed E-state index contributed by atoms with van der Waals surface area (Å²) in [5.41, 5.74) is -0.158. The average Bonchev–Trinajstić information content (AvgIpc) is 2.76. The van der Waals surface area contributed by atoms with Crippen LogP contribution in [0.3, 0.4) is 0 Å². The van der Waals surface area contributed by atoms with E-state index in [-0.39, 0.29) is 11.3 Å². The summed E-state index contributed by atoms with van der Waals surface area (Å²) in [7, 11) is 0. The number of hydrogen-bond acceptors (Lipinski definition) is 2. The quantitative estimate of drug-likeness (QED) is 0.766. The maximum Gasteiger partial charge on any atom is 0.227 e. The van der Waals surface area contributed by atoms with E-state index in [0.29, 0.717) is 0 Å². The topological polar surface area (TPSA) is 41.1 Å². The van der Waals surface area contributed by atoms with E-state index in [1.54, 1.807) is 0 Å². The predicted molar refractivity (Wildman–Crippen MR) is 65.2 cm³/mol. The molecule has 1 saturated heterocycles. The average molecular weight is 224 g/mol. The van der Waals surface area contributed by atoms with Crippen molar-refractivity contribution in [2.24, 2.45) is 11.3 Å². The van der Waals surface area contributed by atoms with E-state index in [9.17, 15) is 4.79 Å². The van der Waals surface area contributed by atoms with Crippen LogP contribution in [0.25, 0.3) is 0 Å². The van der Waals surface area contributed by atoms with Crippen LogP contribution in [0.2, 0.25) is 0 Å². The maximum absolute atomic E-state index is 12.1. The highest BCUT2D eigenvalue weighted by atomic mass is 16.2. The Morgan fingerprint density at radius 2 is 2.12 bits per heavy atom. The van der Waals surface area contributed by atoms with E-state index in [1.165, 1.54) is 32.1 Å². The van der Waals surface area contributed by atoms with Gasteiger partial charge in [-0.15, -0.1) is 0 Å². The molecule has 3 heteroatoms. The van der Waals surface area contributed by atoms with Gasteiger partial charge in [0.2, 0.25) is 5.91 Å². The summed E-state index contributed by atoms with van der Waals surface area (Å²) in [5, 5.41) is 6.43. The molecule has 1 atom stereocenters. The normalized spacial score (nSPS) is 31.6. The number of carbonyl (C=O) groups is 1. The summed E-state index contributed by atoms with van der Waals surface area (Å²) < 4.78 is 0. The molecule has 92 valence electrons. The molecule has 2 rings (SSSR count). The van der Waals surface area contributed by atoms with E-state index >= 15 is 0 Å². The minimum atomic E-state index is -0.158. The molecule has 3 nitrogen and oxygen atoms in total. The molecule has 1 unspecified atom stereocenters. The fourth-order valence-corrected chi connectivity index (χ4v) is 2.85. The molecule has 2 N–H and O–H groups in total. The zero-order valence-corrected chi connectivity index (χ0v) is 10.3. The van der Waals surface area contributed by atoms with Gasteiger partial charge in [0.15, 0.2) is 0 Å². The van der Waals surface area contributed by atoms with E-state index < -0.39 is 0 Å². The van der Waals surface area contributed by atoms with Crippen molar-refractivity contribution >= 4 is 5.91 Å². The standard InChI is InChI=1S/C13H24N2O/c1-13(7-8-14-10-13)12(16)15-9-11-5-3-2-4-6-11/h11,14H,2-10H2,1H3,(H,15,16).